The number of aryl methyl sites for hydroxylation is 1. The van der Waals surface area contributed by atoms with Gasteiger partial charge in [-0.05, 0) is 55.7 Å². The van der Waals surface area contributed by atoms with E-state index in [1.165, 1.54) is 0 Å². The third-order valence-corrected chi connectivity index (χ3v) is 7.19. The summed E-state index contributed by atoms with van der Waals surface area (Å²) in [6.07, 6.45) is 8.38. The zero-order valence-electron chi connectivity index (χ0n) is 17.1. The molecule has 1 N–H and O–H groups in total. The summed E-state index contributed by atoms with van der Waals surface area (Å²) in [6.45, 7) is 0. The molecule has 0 aliphatic heterocycles. The van der Waals surface area contributed by atoms with Gasteiger partial charge in [-0.2, -0.15) is 10.4 Å². The van der Waals surface area contributed by atoms with Crippen molar-refractivity contribution in [2.45, 2.75) is 44.1 Å². The molecule has 3 heterocycles. The first-order chi connectivity index (χ1) is 15.1. The number of nitrogens with zero attached hydrogens (tertiary/aromatic N) is 6. The molecule has 31 heavy (non-hydrogen) atoms. The van der Waals surface area contributed by atoms with Crippen molar-refractivity contribution >= 4 is 11.0 Å². The lowest BCUT2D eigenvalue weighted by Gasteiger charge is -2.27. The lowest BCUT2D eigenvalue weighted by atomic mass is 9.79. The molecule has 2 aliphatic rings. The first-order valence-electron chi connectivity index (χ1n) is 10.5. The number of benzene rings is 1. The number of hydrogen-bond donors (Lipinski definition) is 1. The van der Waals surface area contributed by atoms with Crippen LogP contribution in [-0.4, -0.2) is 29.5 Å². The van der Waals surface area contributed by atoms with E-state index in [2.05, 4.69) is 26.5 Å². The maximum absolute atomic E-state index is 13.0. The Morgan fingerprint density at radius 1 is 1.26 bits per heavy atom. The molecule has 0 saturated heterocycles. The van der Waals surface area contributed by atoms with Crippen molar-refractivity contribution in [1.29, 1.82) is 5.26 Å². The Hall–Kier alpha value is -3.67. The van der Waals surface area contributed by atoms with Crippen LogP contribution in [0.1, 0.15) is 55.5 Å². The molecule has 1 aromatic carbocycles. The molecule has 4 aromatic rings. The molecule has 9 heteroatoms. The van der Waals surface area contributed by atoms with E-state index in [0.717, 1.165) is 48.7 Å². The molecule has 0 bridgehead atoms. The van der Waals surface area contributed by atoms with Crippen molar-refractivity contribution in [2.75, 3.05) is 0 Å². The smallest absolute Gasteiger partial charge is 0.329 e. The van der Waals surface area contributed by atoms with Gasteiger partial charge in [0.2, 0.25) is 5.89 Å². The monoisotopic (exact) mass is 415 g/mol. The fourth-order valence-electron chi connectivity index (χ4n) is 5.29. The normalized spacial score (nSPS) is 25.2. The zero-order chi connectivity index (χ0) is 21.2. The molecule has 2 fully saturated rings. The van der Waals surface area contributed by atoms with E-state index < -0.39 is 0 Å². The van der Waals surface area contributed by atoms with Crippen LogP contribution < -0.4 is 5.69 Å². The highest BCUT2D eigenvalue weighted by atomic mass is 16.4. The molecule has 1 spiro atoms. The van der Waals surface area contributed by atoms with Crippen molar-refractivity contribution in [2.24, 2.45) is 12.5 Å². The van der Waals surface area contributed by atoms with Crippen LogP contribution in [0.25, 0.3) is 22.5 Å². The first kappa shape index (κ1) is 18.1. The van der Waals surface area contributed by atoms with E-state index in [-0.39, 0.29) is 23.1 Å². The summed E-state index contributed by atoms with van der Waals surface area (Å²) in [4.78, 5) is 13.0. The fourth-order valence-corrected chi connectivity index (χ4v) is 5.29. The van der Waals surface area contributed by atoms with Crippen molar-refractivity contribution in [3.05, 3.63) is 52.5 Å². The lowest BCUT2D eigenvalue weighted by Crippen LogP contribution is -2.25. The molecule has 1 unspecified atom stereocenters. The number of imidazole rings is 1. The highest BCUT2D eigenvalue weighted by Crippen LogP contribution is 2.65. The van der Waals surface area contributed by atoms with E-state index in [1.54, 1.807) is 30.1 Å². The van der Waals surface area contributed by atoms with Gasteiger partial charge in [0.25, 0.3) is 5.89 Å². The third-order valence-electron chi connectivity index (χ3n) is 7.19. The molecule has 156 valence electrons. The second-order valence-corrected chi connectivity index (χ2v) is 8.82. The van der Waals surface area contributed by atoms with Crippen molar-refractivity contribution in [3.63, 3.8) is 0 Å². The van der Waals surface area contributed by atoms with Crippen LogP contribution in [0, 0.1) is 16.7 Å². The Morgan fingerprint density at radius 2 is 2.10 bits per heavy atom. The van der Waals surface area contributed by atoms with Gasteiger partial charge in [0.1, 0.15) is 0 Å². The van der Waals surface area contributed by atoms with Gasteiger partial charge < -0.3 is 4.42 Å². The van der Waals surface area contributed by atoms with Gasteiger partial charge in [-0.25, -0.2) is 4.79 Å². The summed E-state index contributed by atoms with van der Waals surface area (Å²) in [5, 5.41) is 24.4. The molecular weight excluding hydrogens is 394 g/mol. The van der Waals surface area contributed by atoms with Gasteiger partial charge in [-0.1, -0.05) is 0 Å². The predicted octanol–water partition coefficient (Wildman–Crippen LogP) is 3.27. The quantitative estimate of drug-likeness (QED) is 0.549. The van der Waals surface area contributed by atoms with E-state index in [0.29, 0.717) is 17.3 Å². The summed E-state index contributed by atoms with van der Waals surface area (Å²) in [6, 6.07) is 7.84. The van der Waals surface area contributed by atoms with Gasteiger partial charge in [0, 0.05) is 25.2 Å². The van der Waals surface area contributed by atoms with Gasteiger partial charge in [0.05, 0.1) is 34.4 Å². The van der Waals surface area contributed by atoms with Crippen molar-refractivity contribution in [3.8, 4) is 17.5 Å². The molecule has 9 nitrogen and oxygen atoms in total. The minimum Gasteiger partial charge on any atom is -0.420 e. The lowest BCUT2D eigenvalue weighted by molar-refractivity contribution is 0.258. The average Bonchev–Trinajstić information content (AvgIpc) is 3.24. The largest absolute Gasteiger partial charge is 0.420 e. The zero-order valence-corrected chi connectivity index (χ0v) is 17.1. The van der Waals surface area contributed by atoms with Gasteiger partial charge in [-0.3, -0.25) is 14.2 Å². The van der Waals surface area contributed by atoms with Gasteiger partial charge >= 0.3 is 5.69 Å². The number of aromatic amines is 1. The number of H-pyrrole nitrogens is 1. The van der Waals surface area contributed by atoms with Crippen molar-refractivity contribution in [1.82, 2.24) is 29.5 Å². The molecule has 2 saturated carbocycles. The molecule has 3 aromatic heterocycles. The summed E-state index contributed by atoms with van der Waals surface area (Å²) in [7, 11) is 1.80. The Morgan fingerprint density at radius 3 is 2.84 bits per heavy atom. The Bertz CT molecular complexity index is 1380. The van der Waals surface area contributed by atoms with E-state index in [1.807, 2.05) is 16.7 Å². The van der Waals surface area contributed by atoms with Gasteiger partial charge in [-0.15, -0.1) is 10.2 Å². The number of nitrogens with one attached hydrogen (secondary N) is 1. The minimum absolute atomic E-state index is 0.00394. The number of nitriles is 1. The SMILES string of the molecule is Cn1c(=O)n(C2CC23CCC(c2nnc(-c4cn[nH]c4)o2)CC3)c2cc(C#N)ccc21. The summed E-state index contributed by atoms with van der Waals surface area (Å²) in [5.74, 6) is 1.42. The first-order valence-corrected chi connectivity index (χ1v) is 10.5. The Labute approximate surface area is 177 Å². The minimum atomic E-state index is -0.00394. The van der Waals surface area contributed by atoms with E-state index in [9.17, 15) is 10.1 Å². The highest BCUT2D eigenvalue weighted by Gasteiger charge is 2.57. The molecule has 2 aliphatic carbocycles. The molecule has 0 amide bonds. The van der Waals surface area contributed by atoms with Crippen LogP contribution in [0.15, 0.2) is 39.8 Å². The van der Waals surface area contributed by atoms with E-state index in [4.69, 9.17) is 4.42 Å². The highest BCUT2D eigenvalue weighted by molar-refractivity contribution is 5.78. The van der Waals surface area contributed by atoms with Crippen LogP contribution >= 0.6 is 0 Å². The van der Waals surface area contributed by atoms with Crippen LogP contribution in [0.3, 0.4) is 0 Å². The van der Waals surface area contributed by atoms with Crippen LogP contribution in [0.2, 0.25) is 0 Å². The number of fused-ring (bicyclic) bond motifs is 1. The fraction of sp³-hybridized carbons (Fsp3) is 0.409. The van der Waals surface area contributed by atoms with Gasteiger partial charge in [0.15, 0.2) is 0 Å². The van der Waals surface area contributed by atoms with Crippen LogP contribution in [-0.2, 0) is 7.05 Å². The molecule has 1 atom stereocenters. The molecule has 0 radical (unpaired) electrons. The average molecular weight is 415 g/mol. The van der Waals surface area contributed by atoms with E-state index >= 15 is 0 Å². The number of rotatable bonds is 3. The van der Waals surface area contributed by atoms with Crippen LogP contribution in [0.5, 0.6) is 0 Å². The summed E-state index contributed by atoms with van der Waals surface area (Å²) >= 11 is 0. The summed E-state index contributed by atoms with van der Waals surface area (Å²) < 4.78 is 9.50. The predicted molar refractivity (Wildman–Crippen MR) is 111 cm³/mol. The summed E-state index contributed by atoms with van der Waals surface area (Å²) in [5.41, 5.74) is 3.24. The maximum Gasteiger partial charge on any atom is 0.329 e. The Kier molecular flexibility index (Phi) is 3.75. The number of aromatic nitrogens is 6. The number of hydrogen-bond acceptors (Lipinski definition) is 6. The van der Waals surface area contributed by atoms with Crippen LogP contribution in [0.4, 0.5) is 0 Å². The topological polar surface area (TPSA) is 118 Å². The standard InChI is InChI=1S/C22H21N7O2/c1-28-16-3-2-13(10-23)8-17(16)29(21(28)30)18-9-22(18)6-4-14(5-7-22)19-26-27-20(31-19)15-11-24-25-12-15/h2-3,8,11-12,14,18H,4-7,9H2,1H3,(H,24,25). The maximum atomic E-state index is 13.0. The second-order valence-electron chi connectivity index (χ2n) is 8.82. The third kappa shape index (κ3) is 2.68. The molecule has 6 rings (SSSR count). The second kappa shape index (κ2) is 6.41. The van der Waals surface area contributed by atoms with Crippen molar-refractivity contribution < 1.29 is 4.42 Å². The molecular formula is C22H21N7O2. The Balaban J connectivity index is 1.24.